The van der Waals surface area contributed by atoms with Crippen molar-refractivity contribution in [1.29, 1.82) is 0 Å². The number of phosphoric acid groups is 1. The average molecular weight is 440 g/mol. The summed E-state index contributed by atoms with van der Waals surface area (Å²) in [5, 5.41) is 27.4. The highest BCUT2D eigenvalue weighted by Gasteiger charge is 2.38. The van der Waals surface area contributed by atoms with Crippen LogP contribution in [0.2, 0.25) is 0 Å². The number of aliphatic hydroxyl groups is 3. The lowest BCUT2D eigenvalue weighted by Crippen LogP contribution is -2.28. The molecule has 0 radical (unpaired) electrons. The third kappa shape index (κ3) is 10.1. The highest BCUT2D eigenvalue weighted by Crippen LogP contribution is 2.50. The Hall–Kier alpha value is -2.38. The van der Waals surface area contributed by atoms with Gasteiger partial charge in [-0.3, -0.25) is 14.7 Å². The van der Waals surface area contributed by atoms with Crippen molar-refractivity contribution in [3.05, 3.63) is 36.0 Å². The van der Waals surface area contributed by atoms with Gasteiger partial charge in [-0.2, -0.15) is 0 Å². The fourth-order valence-corrected chi connectivity index (χ4v) is 1.58. The van der Waals surface area contributed by atoms with E-state index in [-0.39, 0.29) is 16.7 Å². The van der Waals surface area contributed by atoms with E-state index in [1.54, 1.807) is 0 Å². The van der Waals surface area contributed by atoms with Crippen LogP contribution in [0.15, 0.2) is 36.0 Å². The highest BCUT2D eigenvalue weighted by molar-refractivity contribution is 7.48. The molecule has 2 atom stereocenters. The van der Waals surface area contributed by atoms with Gasteiger partial charge in [0.1, 0.15) is 12.2 Å². The predicted octanol–water partition coefficient (Wildman–Crippen LogP) is 0.331. The van der Waals surface area contributed by atoms with Crippen molar-refractivity contribution >= 4 is 25.7 Å². The van der Waals surface area contributed by atoms with Crippen LogP contribution in [0.3, 0.4) is 0 Å². The second-order valence-electron chi connectivity index (χ2n) is 5.43. The van der Waals surface area contributed by atoms with E-state index in [1.165, 1.54) is 13.8 Å². The summed E-state index contributed by atoms with van der Waals surface area (Å²) in [6, 6.07) is 0. The van der Waals surface area contributed by atoms with Gasteiger partial charge in [0.25, 0.3) is 0 Å². The molecule has 3 N–H and O–H groups in total. The van der Waals surface area contributed by atoms with Crippen molar-refractivity contribution in [2.75, 3.05) is 6.61 Å². The van der Waals surface area contributed by atoms with Crippen molar-refractivity contribution in [2.24, 2.45) is 0 Å². The van der Waals surface area contributed by atoms with Crippen LogP contribution in [0.5, 0.6) is 0 Å². The van der Waals surface area contributed by atoms with Crippen LogP contribution in [0.1, 0.15) is 20.8 Å². The van der Waals surface area contributed by atoms with Crippen LogP contribution < -0.4 is 0 Å². The summed E-state index contributed by atoms with van der Waals surface area (Å²) in [6.45, 7) is 9.20. The van der Waals surface area contributed by atoms with Crippen LogP contribution in [-0.4, -0.2) is 52.0 Å². The van der Waals surface area contributed by atoms with Gasteiger partial charge >= 0.3 is 25.7 Å². The lowest BCUT2D eigenvalue weighted by molar-refractivity contribution is -0.293. The van der Waals surface area contributed by atoms with E-state index in [9.17, 15) is 29.2 Å². The molecule has 0 aromatic rings. The molecule has 0 spiro atoms. The molecule has 0 saturated heterocycles. The first kappa shape index (κ1) is 26.6. The molecule has 0 fully saturated rings. The van der Waals surface area contributed by atoms with Crippen LogP contribution in [-0.2, 0) is 47.6 Å². The molecule has 0 bridgehead atoms. The molecular weight excluding hydrogens is 419 g/mol. The summed E-state index contributed by atoms with van der Waals surface area (Å²) < 4.78 is 24.7. The molecule has 0 heterocycles. The molecule has 2 unspecified atom stereocenters. The summed E-state index contributed by atoms with van der Waals surface area (Å²) in [6.07, 6.45) is -2.43. The second kappa shape index (κ2) is 12.2. The topological polar surface area (TPSA) is 184 Å². The lowest BCUT2D eigenvalue weighted by atomic mass is 10.1. The minimum absolute atomic E-state index is 0.178. The smallest absolute Gasteiger partial charge is 0.394 e. The van der Waals surface area contributed by atoms with Gasteiger partial charge in [-0.1, -0.05) is 27.2 Å². The summed E-state index contributed by atoms with van der Waals surface area (Å²) in [7, 11) is -5.15. The normalized spacial score (nSPS) is 13.8. The summed E-state index contributed by atoms with van der Waals surface area (Å²) in [5.74, 6) is -3.77. The van der Waals surface area contributed by atoms with Gasteiger partial charge in [-0.25, -0.2) is 18.9 Å². The number of rotatable bonds is 12. The Morgan fingerprint density at radius 1 is 0.897 bits per heavy atom. The third-order valence-electron chi connectivity index (χ3n) is 2.63. The fourth-order valence-electron chi connectivity index (χ4n) is 1.03. The SMILES string of the molecule is C=C(C)C(=O)OOP(=O)(OOC(=O)C(=C)C)OOC(=O)/C(C)=C/C(O)C(O)CO. The lowest BCUT2D eigenvalue weighted by Gasteiger charge is -2.14. The van der Waals surface area contributed by atoms with E-state index in [1.807, 2.05) is 0 Å². The van der Waals surface area contributed by atoms with E-state index < -0.39 is 44.5 Å². The molecule has 0 aliphatic heterocycles. The molecule has 164 valence electrons. The molecule has 0 amide bonds. The van der Waals surface area contributed by atoms with E-state index in [0.717, 1.165) is 13.0 Å². The Bertz CT molecular complexity index is 692. The number of carbonyl (C=O) groups excluding carboxylic acids is 3. The number of hydrogen-bond donors (Lipinski definition) is 3. The highest BCUT2D eigenvalue weighted by atomic mass is 31.2. The Labute approximate surface area is 165 Å². The first-order chi connectivity index (χ1) is 13.3. The Morgan fingerprint density at radius 2 is 1.28 bits per heavy atom. The Balaban J connectivity index is 5.16. The van der Waals surface area contributed by atoms with Gasteiger partial charge in [-0.15, -0.1) is 0 Å². The Morgan fingerprint density at radius 3 is 1.62 bits per heavy atom. The third-order valence-corrected chi connectivity index (χ3v) is 3.40. The first-order valence-electron chi connectivity index (χ1n) is 7.61. The zero-order valence-corrected chi connectivity index (χ0v) is 16.6. The van der Waals surface area contributed by atoms with E-state index in [2.05, 4.69) is 41.8 Å². The molecular formula is C15H21O13P. The quantitative estimate of drug-likeness (QED) is 0.163. The van der Waals surface area contributed by atoms with Crippen molar-refractivity contribution in [2.45, 2.75) is 33.0 Å². The minimum Gasteiger partial charge on any atom is -0.394 e. The van der Waals surface area contributed by atoms with Crippen LogP contribution >= 0.6 is 7.82 Å². The van der Waals surface area contributed by atoms with Gasteiger partial charge < -0.3 is 15.3 Å². The van der Waals surface area contributed by atoms with Gasteiger partial charge in [0.2, 0.25) is 0 Å². The molecule has 0 aromatic heterocycles. The summed E-state index contributed by atoms with van der Waals surface area (Å²) in [4.78, 5) is 46.7. The molecule has 0 aliphatic rings. The molecule has 13 nitrogen and oxygen atoms in total. The zero-order chi connectivity index (χ0) is 22.8. The number of hydrogen-bond acceptors (Lipinski definition) is 13. The van der Waals surface area contributed by atoms with Gasteiger partial charge in [0, 0.05) is 16.7 Å². The monoisotopic (exact) mass is 440 g/mol. The van der Waals surface area contributed by atoms with Gasteiger partial charge in [-0.05, 0) is 26.8 Å². The van der Waals surface area contributed by atoms with Gasteiger partial charge in [0.05, 0.1) is 6.61 Å². The maximum Gasteiger partial charge on any atom is 0.584 e. The van der Waals surface area contributed by atoms with Crippen LogP contribution in [0.25, 0.3) is 0 Å². The number of aliphatic hydroxyl groups excluding tert-OH is 3. The van der Waals surface area contributed by atoms with E-state index in [0.29, 0.717) is 0 Å². The van der Waals surface area contributed by atoms with Gasteiger partial charge in [0.15, 0.2) is 0 Å². The summed E-state index contributed by atoms with van der Waals surface area (Å²) >= 11 is 0. The van der Waals surface area contributed by atoms with Crippen molar-refractivity contribution < 1.29 is 63.0 Å². The largest absolute Gasteiger partial charge is 0.584 e. The van der Waals surface area contributed by atoms with Crippen molar-refractivity contribution in [3.63, 3.8) is 0 Å². The van der Waals surface area contributed by atoms with Crippen molar-refractivity contribution in [1.82, 2.24) is 0 Å². The van der Waals surface area contributed by atoms with Crippen LogP contribution in [0.4, 0.5) is 0 Å². The zero-order valence-electron chi connectivity index (χ0n) is 15.7. The molecule has 0 aromatic carbocycles. The van der Waals surface area contributed by atoms with E-state index in [4.69, 9.17) is 5.11 Å². The molecule has 0 rings (SSSR count). The second-order valence-corrected chi connectivity index (χ2v) is 6.78. The minimum atomic E-state index is -5.15. The maximum atomic E-state index is 12.3. The molecule has 29 heavy (non-hydrogen) atoms. The molecule has 0 aliphatic carbocycles. The molecule has 0 saturated carbocycles. The first-order valence-corrected chi connectivity index (χ1v) is 9.07. The standard InChI is InChI=1S/C15H21O13P/c1-8(2)13(19)23-26-29(22,27-24-14(20)9(3)4)28-25-15(21)10(5)6-11(17)12(18)7-16/h6,11-12,16-18H,1,3,7H2,2,4-5H3/b10-6+. The van der Waals surface area contributed by atoms with E-state index >= 15 is 0 Å². The number of carbonyl (C=O) groups is 3. The Kier molecular flexibility index (Phi) is 11.2. The molecule has 14 heteroatoms. The summed E-state index contributed by atoms with van der Waals surface area (Å²) in [5.41, 5.74) is -0.722. The maximum absolute atomic E-state index is 12.3. The predicted molar refractivity (Wildman–Crippen MR) is 91.6 cm³/mol. The van der Waals surface area contributed by atoms with Crippen LogP contribution in [0, 0.1) is 0 Å². The fraction of sp³-hybridized carbons (Fsp3) is 0.400. The van der Waals surface area contributed by atoms with Crippen molar-refractivity contribution in [3.8, 4) is 0 Å². The average Bonchev–Trinajstić information content (AvgIpc) is 2.67.